The number of hydrogen-bond acceptors (Lipinski definition) is 37. The van der Waals surface area contributed by atoms with E-state index in [9.17, 15) is 71.9 Å². The molecule has 0 radical (unpaired) electrons. The maximum absolute atomic E-state index is 12.0. The van der Waals surface area contributed by atoms with Crippen molar-refractivity contribution in [3.05, 3.63) is 290 Å². The molecular formula is C100H113N5O37. The number of benzene rings is 7. The molecule has 0 heterocycles. The predicted octanol–water partition coefficient (Wildman–Crippen LogP) is 10.4. The third-order valence-electron chi connectivity index (χ3n) is 16.7. The Bertz CT molecular complexity index is 5280. The Morgan fingerprint density at radius 2 is 0.451 bits per heavy atom. The standard InChI is InChI=1S/2C22H23NO7.2C19H23NO8.C18H21NO7/c1-3-20(24)27-13-12-23-22(26)29-15-17(30-21(25)4-2)14-28-19-11-7-9-16-8-5-6-10-18(16)19;1-3-20(24)27-13-12-23-22(26)30-17(15-29-21(25)4-2)14-28-19-11-7-9-16-8-5-6-10-18(16)19;1-4-17(21)25-11-10-20-19(23)27-13-14(28-18(22)5-2)12-26-16-9-7-6-8-15(16)24-3;1-4-17(21)25-11-10-20-19(23)28-14(13-27-18(22)5-2)12-26-16-9-7-6-8-15(16)24-3;1-3-16(20)23-11-10-19-18(22)26-15(13-25-17(21)4-2)12-24-14-8-6-5-7-9-14/h2*3-11,17H,1-2,12-15H2,(H,23,26);2*4-9,14H,1-2,10-13H2,3H3,(H,20,23);3-9,15H,1-2,10-13H2,(H,19,22). The zero-order valence-corrected chi connectivity index (χ0v) is 78.1. The number of amides is 5. The van der Waals surface area contributed by atoms with Crippen molar-refractivity contribution in [3.63, 3.8) is 0 Å². The predicted molar refractivity (Wildman–Crippen MR) is 511 cm³/mol. The van der Waals surface area contributed by atoms with Crippen LogP contribution in [0.3, 0.4) is 0 Å². The zero-order chi connectivity index (χ0) is 104. The molecule has 0 saturated heterocycles. The van der Waals surface area contributed by atoms with Gasteiger partial charge in [0.1, 0.15) is 116 Å². The van der Waals surface area contributed by atoms with Crippen LogP contribution in [-0.2, 0) is 119 Å². The number of hydrogen-bond donors (Lipinski definition) is 5. The van der Waals surface area contributed by atoms with E-state index in [0.717, 1.165) is 82.3 Å². The van der Waals surface area contributed by atoms with E-state index >= 15 is 0 Å². The molecule has 7 rings (SSSR count). The highest BCUT2D eigenvalue weighted by Gasteiger charge is 2.25. The number of rotatable bonds is 57. The van der Waals surface area contributed by atoms with Crippen molar-refractivity contribution in [2.75, 3.05) is 146 Å². The van der Waals surface area contributed by atoms with Crippen LogP contribution in [0.2, 0.25) is 0 Å². The second kappa shape index (κ2) is 72.5. The van der Waals surface area contributed by atoms with Crippen molar-refractivity contribution < 1.29 is 176 Å². The number of fused-ring (bicyclic) bond motifs is 2. The molecule has 0 bridgehead atoms. The summed E-state index contributed by atoms with van der Waals surface area (Å²) in [5.74, 6) is -2.61. The largest absolute Gasteiger partial charge is 0.493 e. The van der Waals surface area contributed by atoms with Gasteiger partial charge in [-0.2, -0.15) is 0 Å². The van der Waals surface area contributed by atoms with E-state index in [4.69, 9.17) is 104 Å². The fourth-order valence-electron chi connectivity index (χ4n) is 10.1. The molecule has 0 aromatic heterocycles. The van der Waals surface area contributed by atoms with E-state index in [0.29, 0.717) is 40.2 Å². The van der Waals surface area contributed by atoms with Crippen LogP contribution >= 0.6 is 0 Å². The lowest BCUT2D eigenvalue weighted by Gasteiger charge is -2.19. The van der Waals surface area contributed by atoms with Crippen LogP contribution in [0, 0.1) is 0 Å². The number of methoxy groups -OCH3 is 2. The Balaban J connectivity index is 0.000000457. The monoisotopic (exact) mass is 1980 g/mol. The molecule has 760 valence electrons. The maximum atomic E-state index is 12.0. The van der Waals surface area contributed by atoms with Crippen LogP contribution in [0.4, 0.5) is 24.0 Å². The summed E-state index contributed by atoms with van der Waals surface area (Å²) in [4.78, 5) is 171. The van der Waals surface area contributed by atoms with Crippen molar-refractivity contribution in [2.24, 2.45) is 0 Å². The van der Waals surface area contributed by atoms with E-state index in [1.807, 2.05) is 78.9 Å². The van der Waals surface area contributed by atoms with Crippen molar-refractivity contribution >= 4 is 112 Å². The van der Waals surface area contributed by atoms with E-state index in [1.165, 1.54) is 14.2 Å². The molecule has 5 atom stereocenters. The molecule has 7 aromatic rings. The summed E-state index contributed by atoms with van der Waals surface area (Å²) in [5.41, 5.74) is 0. The molecule has 0 aliphatic rings. The molecule has 5 N–H and O–H groups in total. The summed E-state index contributed by atoms with van der Waals surface area (Å²) in [6, 6.07) is 49.3. The summed E-state index contributed by atoms with van der Waals surface area (Å²) in [5, 5.41) is 15.8. The summed E-state index contributed by atoms with van der Waals surface area (Å²) < 4.78 is 113. The Morgan fingerprint density at radius 3 is 0.746 bits per heavy atom. The SMILES string of the molecule is C=CC(=O)OCCNC(=O)OC(COC(=O)C=C)COc1cccc2ccccc12.C=CC(=O)OCCNC(=O)OC(COC(=O)C=C)COc1ccccc1.C=CC(=O)OCCNC(=O)OC(COC(=O)C=C)COc1ccccc1OC.C=CC(=O)OCCNC(=O)OCC(COc1cccc2ccccc12)OC(=O)C=C.C=CC(=O)OCCNC(=O)OCC(COc1ccccc1OC)OC(=O)C=C. The molecule has 0 aliphatic heterocycles. The Morgan fingerprint density at radius 1 is 0.225 bits per heavy atom. The van der Waals surface area contributed by atoms with Crippen molar-refractivity contribution in [1.82, 2.24) is 26.6 Å². The van der Waals surface area contributed by atoms with Gasteiger partial charge in [0, 0.05) is 71.5 Å². The lowest BCUT2D eigenvalue weighted by molar-refractivity contribution is -0.147. The molecule has 0 aliphatic carbocycles. The molecule has 0 spiro atoms. The Labute approximate surface area is 817 Å². The summed E-state index contributed by atoms with van der Waals surface area (Å²) >= 11 is 0. The second-order valence-electron chi connectivity index (χ2n) is 26.9. The highest BCUT2D eigenvalue weighted by molar-refractivity contribution is 5.90. The average molecular weight is 1980 g/mol. The van der Waals surface area contributed by atoms with Gasteiger partial charge in [0.05, 0.1) is 46.9 Å². The van der Waals surface area contributed by atoms with Gasteiger partial charge in [-0.3, -0.25) is 0 Å². The van der Waals surface area contributed by atoms with Crippen molar-refractivity contribution in [2.45, 2.75) is 30.5 Å². The molecule has 0 saturated carbocycles. The fourth-order valence-corrected chi connectivity index (χ4v) is 10.1. The normalized spacial score (nSPS) is 10.9. The van der Waals surface area contributed by atoms with E-state index < -0.39 is 121 Å². The maximum Gasteiger partial charge on any atom is 0.407 e. The van der Waals surface area contributed by atoms with Gasteiger partial charge in [0.15, 0.2) is 53.5 Å². The van der Waals surface area contributed by atoms with Crippen LogP contribution in [0.15, 0.2) is 290 Å². The smallest absolute Gasteiger partial charge is 0.407 e. The first-order chi connectivity index (χ1) is 68.6. The summed E-state index contributed by atoms with van der Waals surface area (Å²) in [6.07, 6.45) is 1.90. The number of para-hydroxylation sites is 5. The number of alkyl carbamates (subject to hydrolysis) is 5. The number of ether oxygens (including phenoxy) is 22. The lowest BCUT2D eigenvalue weighted by atomic mass is 10.1. The van der Waals surface area contributed by atoms with Crippen LogP contribution < -0.4 is 59.7 Å². The minimum Gasteiger partial charge on any atom is -0.493 e. The molecule has 42 nitrogen and oxygen atoms in total. The fraction of sp³-hybridized carbons (Fsp3) is 0.270. The van der Waals surface area contributed by atoms with Gasteiger partial charge >= 0.3 is 90.2 Å². The van der Waals surface area contributed by atoms with Gasteiger partial charge in [-0.15, -0.1) is 0 Å². The topological polar surface area (TPSA) is 519 Å². The molecule has 142 heavy (non-hydrogen) atoms. The van der Waals surface area contributed by atoms with Crippen LogP contribution in [0.5, 0.6) is 40.2 Å². The van der Waals surface area contributed by atoms with Gasteiger partial charge in [-0.05, 0) is 59.3 Å². The number of nitrogens with one attached hydrogen (secondary N) is 5. The Hall–Kier alpha value is -17.9. The third-order valence-corrected chi connectivity index (χ3v) is 16.7. The minimum absolute atomic E-state index is 0.0205. The highest BCUT2D eigenvalue weighted by Crippen LogP contribution is 2.30. The number of carbonyl (C=O) groups is 15. The molecule has 5 amide bonds. The van der Waals surface area contributed by atoms with E-state index in [2.05, 4.69) is 92.4 Å². The first-order valence-electron chi connectivity index (χ1n) is 42.7. The second-order valence-corrected chi connectivity index (χ2v) is 26.9. The van der Waals surface area contributed by atoms with Crippen LogP contribution in [-0.4, -0.2) is 267 Å². The quantitative estimate of drug-likeness (QED) is 0.0102. The van der Waals surface area contributed by atoms with Gasteiger partial charge in [0.2, 0.25) is 0 Å². The first-order valence-corrected chi connectivity index (χ1v) is 42.7. The molecule has 5 unspecified atom stereocenters. The molecule has 7 aromatic carbocycles. The van der Waals surface area contributed by atoms with Crippen molar-refractivity contribution in [1.29, 1.82) is 0 Å². The number of carbonyl (C=O) groups excluding carboxylic acids is 15. The summed E-state index contributed by atoms with van der Waals surface area (Å²) in [7, 11) is 2.99. The first kappa shape index (κ1) is 118. The number of esters is 10. The zero-order valence-electron chi connectivity index (χ0n) is 78.1. The third kappa shape index (κ3) is 53.4. The molecular weight excluding hydrogens is 1860 g/mol. The highest BCUT2D eigenvalue weighted by atomic mass is 16.7. The van der Waals surface area contributed by atoms with Crippen LogP contribution in [0.1, 0.15) is 0 Å². The molecule has 0 fully saturated rings. The van der Waals surface area contributed by atoms with Gasteiger partial charge < -0.3 is 131 Å². The van der Waals surface area contributed by atoms with E-state index in [-0.39, 0.29) is 132 Å². The minimum atomic E-state index is -0.899. The van der Waals surface area contributed by atoms with Crippen molar-refractivity contribution in [3.8, 4) is 40.2 Å². The van der Waals surface area contributed by atoms with E-state index in [1.54, 1.807) is 84.9 Å². The van der Waals surface area contributed by atoms with Gasteiger partial charge in [-0.1, -0.05) is 181 Å². The summed E-state index contributed by atoms with van der Waals surface area (Å²) in [6.45, 7) is 31.5. The average Bonchev–Trinajstić information content (AvgIpc) is 0.830. The Kier molecular flexibility index (Phi) is 60.4. The van der Waals surface area contributed by atoms with Crippen LogP contribution in [0.25, 0.3) is 21.5 Å². The van der Waals surface area contributed by atoms with Gasteiger partial charge in [0.25, 0.3) is 0 Å². The molecule has 42 heteroatoms. The van der Waals surface area contributed by atoms with Gasteiger partial charge in [-0.25, -0.2) is 71.9 Å². The lowest BCUT2D eigenvalue weighted by Crippen LogP contribution is -2.36.